The summed E-state index contributed by atoms with van der Waals surface area (Å²) >= 11 is 9.03. The molecule has 4 heteroatoms. The number of ether oxygens (including phenoxy) is 1. The van der Waals surface area contributed by atoms with Crippen LogP contribution in [0.1, 0.15) is 0 Å². The van der Waals surface area contributed by atoms with Crippen LogP contribution in [-0.2, 0) is 0 Å². The SMILES string of the molecule is N#CCOc1ccc(Br)c(Cl)c1. The molecule has 0 N–H and O–H groups in total. The molecule has 0 saturated heterocycles. The molecule has 0 aromatic heterocycles. The van der Waals surface area contributed by atoms with Crippen molar-refractivity contribution < 1.29 is 4.74 Å². The van der Waals surface area contributed by atoms with E-state index in [1.807, 2.05) is 6.07 Å². The summed E-state index contributed by atoms with van der Waals surface area (Å²) in [5.41, 5.74) is 0. The molecular weight excluding hydrogens is 241 g/mol. The minimum absolute atomic E-state index is 0.0396. The fourth-order valence-corrected chi connectivity index (χ4v) is 1.10. The molecule has 0 bridgehead atoms. The molecule has 0 fully saturated rings. The van der Waals surface area contributed by atoms with Crippen LogP contribution in [0.15, 0.2) is 22.7 Å². The number of nitriles is 1. The first-order chi connectivity index (χ1) is 5.74. The van der Waals surface area contributed by atoms with E-state index in [9.17, 15) is 0 Å². The number of hydrogen-bond donors (Lipinski definition) is 0. The van der Waals surface area contributed by atoms with Gasteiger partial charge in [0.25, 0.3) is 0 Å². The molecule has 0 heterocycles. The molecule has 0 aliphatic heterocycles. The Hall–Kier alpha value is -0.720. The second kappa shape index (κ2) is 4.34. The van der Waals surface area contributed by atoms with E-state index in [0.29, 0.717) is 10.8 Å². The van der Waals surface area contributed by atoms with Gasteiger partial charge >= 0.3 is 0 Å². The first-order valence-electron chi connectivity index (χ1n) is 3.19. The zero-order chi connectivity index (χ0) is 8.97. The third kappa shape index (κ3) is 2.40. The Morgan fingerprint density at radius 2 is 2.33 bits per heavy atom. The molecule has 0 unspecified atom stereocenters. The average molecular weight is 246 g/mol. The minimum atomic E-state index is 0.0396. The monoisotopic (exact) mass is 245 g/mol. The molecule has 1 rings (SSSR count). The first-order valence-corrected chi connectivity index (χ1v) is 4.36. The number of rotatable bonds is 2. The van der Waals surface area contributed by atoms with Crippen LogP contribution >= 0.6 is 27.5 Å². The van der Waals surface area contributed by atoms with Crippen molar-refractivity contribution in [1.82, 2.24) is 0 Å². The smallest absolute Gasteiger partial charge is 0.174 e. The van der Waals surface area contributed by atoms with Crippen LogP contribution in [0.3, 0.4) is 0 Å². The molecule has 0 atom stereocenters. The summed E-state index contributed by atoms with van der Waals surface area (Å²) in [5.74, 6) is 0.602. The van der Waals surface area contributed by atoms with Crippen LogP contribution < -0.4 is 4.74 Å². The normalized spacial score (nSPS) is 9.08. The maximum Gasteiger partial charge on any atom is 0.174 e. The molecule has 12 heavy (non-hydrogen) atoms. The Labute approximate surface area is 83.8 Å². The zero-order valence-corrected chi connectivity index (χ0v) is 8.39. The van der Waals surface area contributed by atoms with Crippen LogP contribution in [0.25, 0.3) is 0 Å². The highest BCUT2D eigenvalue weighted by Gasteiger charge is 1.98. The fraction of sp³-hybridized carbons (Fsp3) is 0.125. The maximum atomic E-state index is 8.23. The van der Waals surface area contributed by atoms with Gasteiger partial charge in [-0.15, -0.1) is 0 Å². The molecular formula is C8H5BrClNO. The van der Waals surface area contributed by atoms with E-state index < -0.39 is 0 Å². The van der Waals surface area contributed by atoms with Crippen molar-refractivity contribution in [2.45, 2.75) is 0 Å². The van der Waals surface area contributed by atoms with Gasteiger partial charge in [0, 0.05) is 4.47 Å². The van der Waals surface area contributed by atoms with E-state index in [0.717, 1.165) is 4.47 Å². The van der Waals surface area contributed by atoms with Gasteiger partial charge in [0.1, 0.15) is 11.8 Å². The minimum Gasteiger partial charge on any atom is -0.479 e. The van der Waals surface area contributed by atoms with E-state index in [-0.39, 0.29) is 6.61 Å². The molecule has 0 spiro atoms. The van der Waals surface area contributed by atoms with Crippen LogP contribution in [0, 0.1) is 11.3 Å². The van der Waals surface area contributed by atoms with Crippen molar-refractivity contribution in [3.05, 3.63) is 27.7 Å². The lowest BCUT2D eigenvalue weighted by molar-refractivity contribution is 0.368. The Kier molecular flexibility index (Phi) is 3.39. The predicted molar refractivity (Wildman–Crippen MR) is 50.3 cm³/mol. The van der Waals surface area contributed by atoms with Crippen molar-refractivity contribution >= 4 is 27.5 Å². The Balaban J connectivity index is 2.77. The van der Waals surface area contributed by atoms with Gasteiger partial charge in [0.2, 0.25) is 0 Å². The number of nitrogens with zero attached hydrogens (tertiary/aromatic N) is 1. The summed E-state index contributed by atoms with van der Waals surface area (Å²) in [7, 11) is 0. The number of benzene rings is 1. The van der Waals surface area contributed by atoms with E-state index >= 15 is 0 Å². The standard InChI is InChI=1S/C8H5BrClNO/c9-7-2-1-6(5-8(7)10)12-4-3-11/h1-2,5H,4H2. The lowest BCUT2D eigenvalue weighted by Crippen LogP contribution is -1.92. The fourth-order valence-electron chi connectivity index (χ4n) is 0.682. The van der Waals surface area contributed by atoms with Gasteiger partial charge in [-0.05, 0) is 34.1 Å². The quantitative estimate of drug-likeness (QED) is 0.804. The molecule has 2 nitrogen and oxygen atoms in total. The summed E-state index contributed by atoms with van der Waals surface area (Å²) in [6.07, 6.45) is 0. The van der Waals surface area contributed by atoms with Gasteiger partial charge in [0.05, 0.1) is 5.02 Å². The Bertz CT molecular complexity index is 321. The lowest BCUT2D eigenvalue weighted by atomic mass is 10.3. The molecule has 1 aromatic carbocycles. The van der Waals surface area contributed by atoms with Crippen molar-refractivity contribution in [2.75, 3.05) is 6.61 Å². The molecule has 1 aromatic rings. The van der Waals surface area contributed by atoms with E-state index in [1.165, 1.54) is 0 Å². The lowest BCUT2D eigenvalue weighted by Gasteiger charge is -2.01. The average Bonchev–Trinajstić information content (AvgIpc) is 2.07. The second-order valence-corrected chi connectivity index (χ2v) is 3.28. The van der Waals surface area contributed by atoms with Crippen LogP contribution in [0.2, 0.25) is 5.02 Å². The highest BCUT2D eigenvalue weighted by Crippen LogP contribution is 2.26. The second-order valence-electron chi connectivity index (χ2n) is 2.02. The summed E-state index contributed by atoms with van der Waals surface area (Å²) in [5, 5.41) is 8.81. The topological polar surface area (TPSA) is 33.0 Å². The molecule has 0 aliphatic carbocycles. The van der Waals surface area contributed by atoms with Crippen LogP contribution in [0.4, 0.5) is 0 Å². The van der Waals surface area contributed by atoms with E-state index in [1.54, 1.807) is 18.2 Å². The van der Waals surface area contributed by atoms with Gasteiger partial charge in [-0.1, -0.05) is 11.6 Å². The predicted octanol–water partition coefficient (Wildman–Crippen LogP) is 3.00. The Morgan fingerprint density at radius 1 is 1.58 bits per heavy atom. The largest absolute Gasteiger partial charge is 0.479 e. The zero-order valence-electron chi connectivity index (χ0n) is 6.05. The molecule has 62 valence electrons. The van der Waals surface area contributed by atoms with Gasteiger partial charge in [0.15, 0.2) is 6.61 Å². The van der Waals surface area contributed by atoms with Crippen LogP contribution in [-0.4, -0.2) is 6.61 Å². The van der Waals surface area contributed by atoms with Gasteiger partial charge in [-0.3, -0.25) is 0 Å². The van der Waals surface area contributed by atoms with Crippen molar-refractivity contribution in [2.24, 2.45) is 0 Å². The maximum absolute atomic E-state index is 8.23. The van der Waals surface area contributed by atoms with Crippen molar-refractivity contribution in [3.63, 3.8) is 0 Å². The third-order valence-electron chi connectivity index (χ3n) is 1.19. The summed E-state index contributed by atoms with van der Waals surface area (Å²) in [4.78, 5) is 0. The molecule has 0 aliphatic rings. The van der Waals surface area contributed by atoms with Crippen molar-refractivity contribution in [3.8, 4) is 11.8 Å². The summed E-state index contributed by atoms with van der Waals surface area (Å²) < 4.78 is 5.84. The van der Waals surface area contributed by atoms with E-state index in [4.69, 9.17) is 21.6 Å². The molecule has 0 radical (unpaired) electrons. The van der Waals surface area contributed by atoms with Gasteiger partial charge in [-0.2, -0.15) is 5.26 Å². The number of hydrogen-bond acceptors (Lipinski definition) is 2. The summed E-state index contributed by atoms with van der Waals surface area (Å²) in [6.45, 7) is 0.0396. The highest BCUT2D eigenvalue weighted by molar-refractivity contribution is 9.10. The highest BCUT2D eigenvalue weighted by atomic mass is 79.9. The van der Waals surface area contributed by atoms with E-state index in [2.05, 4.69) is 15.9 Å². The molecule has 0 amide bonds. The first kappa shape index (κ1) is 9.37. The Morgan fingerprint density at radius 3 is 2.92 bits per heavy atom. The third-order valence-corrected chi connectivity index (χ3v) is 2.43. The van der Waals surface area contributed by atoms with Gasteiger partial charge in [-0.25, -0.2) is 0 Å². The van der Waals surface area contributed by atoms with Gasteiger partial charge < -0.3 is 4.74 Å². The van der Waals surface area contributed by atoms with Crippen molar-refractivity contribution in [1.29, 1.82) is 5.26 Å². The number of halogens is 2. The molecule has 0 saturated carbocycles. The van der Waals surface area contributed by atoms with Crippen LogP contribution in [0.5, 0.6) is 5.75 Å². The summed E-state index contributed by atoms with van der Waals surface area (Å²) in [6, 6.07) is 7.05.